The second kappa shape index (κ2) is 4.65. The number of aromatic amines is 1. The van der Waals surface area contributed by atoms with Crippen molar-refractivity contribution in [2.75, 3.05) is 13.1 Å². The average molecular weight is 304 g/mol. The molecule has 1 aliphatic carbocycles. The van der Waals surface area contributed by atoms with E-state index in [0.717, 1.165) is 46.9 Å². The van der Waals surface area contributed by atoms with E-state index in [-0.39, 0.29) is 5.92 Å². The molecular weight excluding hydrogens is 288 g/mol. The summed E-state index contributed by atoms with van der Waals surface area (Å²) in [5.41, 5.74) is 4.13. The summed E-state index contributed by atoms with van der Waals surface area (Å²) in [5, 5.41) is 2.20. The van der Waals surface area contributed by atoms with Gasteiger partial charge in [-0.1, -0.05) is 6.08 Å². The Balaban J connectivity index is 1.60. The van der Waals surface area contributed by atoms with E-state index in [9.17, 15) is 4.79 Å². The van der Waals surface area contributed by atoms with Crippen LogP contribution in [-0.2, 0) is 4.79 Å². The van der Waals surface area contributed by atoms with Crippen molar-refractivity contribution in [2.45, 2.75) is 12.8 Å². The van der Waals surface area contributed by atoms with E-state index in [0.29, 0.717) is 12.5 Å². The molecular formula is C18H16N4O. The SMILES string of the molecule is O=C(C1CC1)N1CC=C(c2ccnc3cnc4[nH]ccc4c23)C1. The number of hydrogen-bond donors (Lipinski definition) is 1. The molecule has 0 atom stereocenters. The normalized spacial score (nSPS) is 17.9. The molecule has 0 radical (unpaired) electrons. The molecule has 0 aromatic carbocycles. The number of hydrogen-bond acceptors (Lipinski definition) is 3. The number of rotatable bonds is 2. The van der Waals surface area contributed by atoms with E-state index in [2.05, 4.69) is 21.0 Å². The minimum absolute atomic E-state index is 0.275. The van der Waals surface area contributed by atoms with Crippen molar-refractivity contribution in [3.05, 3.63) is 42.4 Å². The number of carbonyl (C=O) groups excluding carboxylic acids is 1. The zero-order chi connectivity index (χ0) is 15.4. The summed E-state index contributed by atoms with van der Waals surface area (Å²) in [6, 6.07) is 4.09. The number of nitrogens with zero attached hydrogens (tertiary/aromatic N) is 3. The smallest absolute Gasteiger partial charge is 0.226 e. The number of aromatic nitrogens is 3. The third-order valence-electron chi connectivity index (χ3n) is 4.79. The maximum Gasteiger partial charge on any atom is 0.226 e. The highest BCUT2D eigenvalue weighted by Gasteiger charge is 2.34. The van der Waals surface area contributed by atoms with Crippen LogP contribution in [0.3, 0.4) is 0 Å². The fourth-order valence-electron chi connectivity index (χ4n) is 3.43. The molecule has 0 saturated heterocycles. The Kier molecular flexibility index (Phi) is 2.59. The second-order valence-electron chi connectivity index (χ2n) is 6.34. The van der Waals surface area contributed by atoms with Gasteiger partial charge < -0.3 is 9.88 Å². The number of H-pyrrole nitrogens is 1. The van der Waals surface area contributed by atoms with E-state index < -0.39 is 0 Å². The first-order valence-corrected chi connectivity index (χ1v) is 8.00. The van der Waals surface area contributed by atoms with Crippen LogP contribution in [0.4, 0.5) is 0 Å². The molecule has 0 bridgehead atoms. The first-order chi connectivity index (χ1) is 11.3. The standard InChI is InChI=1S/C18H16N4O/c23-18(11-1-2-11)22-8-5-12(10-22)13-3-6-19-15-9-21-17-14(16(13)15)4-7-20-17/h3-7,9,11H,1-2,8,10H2,(H,20,21). The maximum absolute atomic E-state index is 12.3. The van der Waals surface area contributed by atoms with E-state index in [1.807, 2.05) is 29.4 Å². The summed E-state index contributed by atoms with van der Waals surface area (Å²) in [6.45, 7) is 1.42. The molecule has 5 rings (SSSR count). The summed E-state index contributed by atoms with van der Waals surface area (Å²) in [4.78, 5) is 26.3. The number of fused-ring (bicyclic) bond motifs is 3. The molecule has 1 saturated carbocycles. The predicted octanol–water partition coefficient (Wildman–Crippen LogP) is 2.75. The lowest BCUT2D eigenvalue weighted by Gasteiger charge is -2.16. The van der Waals surface area contributed by atoms with Crippen molar-refractivity contribution in [1.82, 2.24) is 19.9 Å². The highest BCUT2D eigenvalue weighted by Crippen LogP contribution is 2.35. The second-order valence-corrected chi connectivity index (χ2v) is 6.34. The molecule has 1 amide bonds. The Labute approximate surface area is 133 Å². The van der Waals surface area contributed by atoms with E-state index in [4.69, 9.17) is 0 Å². The van der Waals surface area contributed by atoms with Gasteiger partial charge in [0.25, 0.3) is 0 Å². The van der Waals surface area contributed by atoms with Crippen molar-refractivity contribution < 1.29 is 4.79 Å². The van der Waals surface area contributed by atoms with Crippen molar-refractivity contribution in [1.29, 1.82) is 0 Å². The van der Waals surface area contributed by atoms with Gasteiger partial charge in [0, 0.05) is 42.2 Å². The summed E-state index contributed by atoms with van der Waals surface area (Å²) in [5.74, 6) is 0.584. The number of amides is 1. The number of carbonyl (C=O) groups is 1. The lowest BCUT2D eigenvalue weighted by molar-refractivity contribution is -0.131. The zero-order valence-corrected chi connectivity index (χ0v) is 12.6. The fraction of sp³-hybridized carbons (Fsp3) is 0.278. The van der Waals surface area contributed by atoms with Gasteiger partial charge >= 0.3 is 0 Å². The van der Waals surface area contributed by atoms with Crippen LogP contribution in [0, 0.1) is 5.92 Å². The van der Waals surface area contributed by atoms with Crippen molar-refractivity contribution >= 4 is 33.4 Å². The van der Waals surface area contributed by atoms with Crippen molar-refractivity contribution in [3.63, 3.8) is 0 Å². The van der Waals surface area contributed by atoms with E-state index >= 15 is 0 Å². The molecule has 1 aliphatic heterocycles. The van der Waals surface area contributed by atoms with Crippen LogP contribution in [-0.4, -0.2) is 38.8 Å². The molecule has 4 heterocycles. The third kappa shape index (κ3) is 1.96. The zero-order valence-electron chi connectivity index (χ0n) is 12.6. The van der Waals surface area contributed by atoms with Crippen LogP contribution in [0.2, 0.25) is 0 Å². The molecule has 2 aliphatic rings. The van der Waals surface area contributed by atoms with Crippen molar-refractivity contribution in [2.24, 2.45) is 5.92 Å². The van der Waals surface area contributed by atoms with Gasteiger partial charge in [0.1, 0.15) is 5.65 Å². The van der Waals surface area contributed by atoms with Crippen LogP contribution in [0.1, 0.15) is 18.4 Å². The first-order valence-electron chi connectivity index (χ1n) is 8.00. The lowest BCUT2D eigenvalue weighted by atomic mass is 10.0. The molecule has 1 N–H and O–H groups in total. The Hall–Kier alpha value is -2.69. The highest BCUT2D eigenvalue weighted by molar-refractivity contribution is 6.09. The molecule has 1 fully saturated rings. The molecule has 114 valence electrons. The topological polar surface area (TPSA) is 61.9 Å². The Morgan fingerprint density at radius 1 is 1.26 bits per heavy atom. The lowest BCUT2D eigenvalue weighted by Crippen LogP contribution is -2.30. The quantitative estimate of drug-likeness (QED) is 0.792. The van der Waals surface area contributed by atoms with Gasteiger partial charge in [0.05, 0.1) is 11.7 Å². The Morgan fingerprint density at radius 2 is 2.17 bits per heavy atom. The average Bonchev–Trinajstić information content (AvgIpc) is 3.12. The van der Waals surface area contributed by atoms with Crippen LogP contribution >= 0.6 is 0 Å². The molecule has 3 aromatic heterocycles. The molecule has 0 spiro atoms. The van der Waals surface area contributed by atoms with Crippen LogP contribution in [0.5, 0.6) is 0 Å². The van der Waals surface area contributed by atoms with Crippen molar-refractivity contribution in [3.8, 4) is 0 Å². The first kappa shape index (κ1) is 12.8. The van der Waals surface area contributed by atoms with Gasteiger partial charge in [-0.25, -0.2) is 4.98 Å². The summed E-state index contributed by atoms with van der Waals surface area (Å²) >= 11 is 0. The van der Waals surface area contributed by atoms with E-state index in [1.165, 1.54) is 5.57 Å². The van der Waals surface area contributed by atoms with Gasteiger partial charge in [-0.2, -0.15) is 0 Å². The monoisotopic (exact) mass is 304 g/mol. The molecule has 0 unspecified atom stereocenters. The molecule has 5 nitrogen and oxygen atoms in total. The maximum atomic E-state index is 12.3. The summed E-state index contributed by atoms with van der Waals surface area (Å²) in [7, 11) is 0. The van der Waals surface area contributed by atoms with Gasteiger partial charge in [-0.15, -0.1) is 0 Å². The van der Waals surface area contributed by atoms with E-state index in [1.54, 1.807) is 6.20 Å². The van der Waals surface area contributed by atoms with Crippen LogP contribution in [0.25, 0.3) is 27.5 Å². The minimum Gasteiger partial charge on any atom is -0.346 e. The van der Waals surface area contributed by atoms with Gasteiger partial charge in [0.15, 0.2) is 0 Å². The van der Waals surface area contributed by atoms with Gasteiger partial charge in [-0.05, 0) is 36.1 Å². The van der Waals surface area contributed by atoms with Gasteiger partial charge in [0.2, 0.25) is 5.91 Å². The third-order valence-corrected chi connectivity index (χ3v) is 4.79. The predicted molar refractivity (Wildman–Crippen MR) is 88.7 cm³/mol. The summed E-state index contributed by atoms with van der Waals surface area (Å²) < 4.78 is 0. The minimum atomic E-state index is 0.275. The number of pyridine rings is 2. The van der Waals surface area contributed by atoms with Crippen LogP contribution < -0.4 is 0 Å². The molecule has 3 aromatic rings. The van der Waals surface area contributed by atoms with Crippen LogP contribution in [0.15, 0.2) is 36.8 Å². The Bertz CT molecular complexity index is 967. The largest absolute Gasteiger partial charge is 0.346 e. The fourth-order valence-corrected chi connectivity index (χ4v) is 3.43. The highest BCUT2D eigenvalue weighted by atomic mass is 16.2. The van der Waals surface area contributed by atoms with Gasteiger partial charge in [-0.3, -0.25) is 9.78 Å². The number of nitrogens with one attached hydrogen (secondary N) is 1. The Morgan fingerprint density at radius 3 is 3.04 bits per heavy atom. The summed E-state index contributed by atoms with van der Waals surface area (Å²) in [6.07, 6.45) is 9.81. The molecule has 23 heavy (non-hydrogen) atoms. The molecule has 5 heteroatoms.